The third kappa shape index (κ3) is 2.58. The predicted molar refractivity (Wildman–Crippen MR) is 148 cm³/mol. The number of imidazole rings is 1. The fraction of sp³-hybridized carbons (Fsp3) is 0. The first kappa shape index (κ1) is 19.4. The van der Waals surface area contributed by atoms with Gasteiger partial charge in [-0.25, -0.2) is 4.98 Å². The number of aromatic nitrogens is 3. The minimum Gasteiger partial charge on any atom is -0.306 e. The number of pyridine rings is 1. The van der Waals surface area contributed by atoms with Gasteiger partial charge in [-0.2, -0.15) is 0 Å². The van der Waals surface area contributed by atoms with E-state index in [1.165, 1.54) is 0 Å². The molecule has 4 heteroatoms. The van der Waals surface area contributed by atoms with Gasteiger partial charge in [0.15, 0.2) is 0 Å². The summed E-state index contributed by atoms with van der Waals surface area (Å²) in [6, 6.07) is 40.4. The molecule has 2 aromatic heterocycles. The molecule has 7 aromatic rings. The molecule has 8 rings (SSSR count). The zero-order valence-corrected chi connectivity index (χ0v) is 19.3. The number of fused-ring (bicyclic) bond motifs is 5. The summed E-state index contributed by atoms with van der Waals surface area (Å²) in [5.41, 5.74) is 8.67. The summed E-state index contributed by atoms with van der Waals surface area (Å²) < 4.78 is 2.33. The maximum absolute atomic E-state index is 5.25. The second-order valence-electron chi connectivity index (χ2n) is 9.12. The number of nitrogens with zero attached hydrogens (tertiary/aromatic N) is 4. The Hall–Kier alpha value is -4.96. The van der Waals surface area contributed by atoms with Crippen LogP contribution >= 0.6 is 0 Å². The van der Waals surface area contributed by atoms with Gasteiger partial charge in [0, 0.05) is 28.2 Å². The Morgan fingerprint density at radius 1 is 0.583 bits per heavy atom. The molecule has 0 spiro atoms. The van der Waals surface area contributed by atoms with Gasteiger partial charge in [0.2, 0.25) is 0 Å². The van der Waals surface area contributed by atoms with Crippen molar-refractivity contribution in [2.45, 2.75) is 0 Å². The number of rotatable bonds is 2. The first-order chi connectivity index (χ1) is 17.9. The van der Waals surface area contributed by atoms with Crippen LogP contribution in [-0.2, 0) is 0 Å². The quantitative estimate of drug-likeness (QED) is 0.244. The summed E-state index contributed by atoms with van der Waals surface area (Å²) in [6.45, 7) is 0. The molecule has 0 radical (unpaired) electrons. The lowest BCUT2D eigenvalue weighted by Crippen LogP contribution is -2.18. The van der Waals surface area contributed by atoms with Gasteiger partial charge in [0.05, 0.1) is 33.6 Å². The maximum Gasteiger partial charge on any atom is 0.146 e. The third-order valence-corrected chi connectivity index (χ3v) is 7.13. The molecule has 36 heavy (non-hydrogen) atoms. The topological polar surface area (TPSA) is 34.0 Å². The van der Waals surface area contributed by atoms with E-state index in [9.17, 15) is 0 Å². The highest BCUT2D eigenvalue weighted by Gasteiger charge is 2.29. The Morgan fingerprint density at radius 2 is 1.33 bits per heavy atom. The van der Waals surface area contributed by atoms with E-state index < -0.39 is 0 Å². The molecule has 0 aliphatic carbocycles. The van der Waals surface area contributed by atoms with Crippen LogP contribution in [0.5, 0.6) is 0 Å². The van der Waals surface area contributed by atoms with Crippen LogP contribution < -0.4 is 4.90 Å². The van der Waals surface area contributed by atoms with Gasteiger partial charge in [0.1, 0.15) is 5.82 Å². The monoisotopic (exact) mass is 460 g/mol. The van der Waals surface area contributed by atoms with Gasteiger partial charge < -0.3 is 4.90 Å². The Balaban J connectivity index is 1.52. The van der Waals surface area contributed by atoms with Crippen LogP contribution in [0.4, 0.5) is 17.1 Å². The lowest BCUT2D eigenvalue weighted by Gasteiger charge is -2.33. The molecular weight excluding hydrogens is 440 g/mol. The standard InChI is InChI=1S/C32H20N4/c1-2-11-22(12-3-1)35-27-16-6-7-17-28(27)36-31-26(15-8-18-29(31)35)34-32(36)25-20-21-10-4-5-13-23(21)30-24(25)14-9-19-33-30/h1-20H. The molecule has 5 aromatic carbocycles. The van der Waals surface area contributed by atoms with E-state index in [4.69, 9.17) is 9.97 Å². The van der Waals surface area contributed by atoms with Crippen molar-refractivity contribution in [3.63, 3.8) is 0 Å². The number of benzene rings is 5. The van der Waals surface area contributed by atoms with Gasteiger partial charge in [-0.15, -0.1) is 0 Å². The Kier molecular flexibility index (Phi) is 3.91. The fourth-order valence-electron chi connectivity index (χ4n) is 5.63. The smallest absolute Gasteiger partial charge is 0.146 e. The predicted octanol–water partition coefficient (Wildman–Crippen LogP) is 8.18. The largest absolute Gasteiger partial charge is 0.306 e. The zero-order chi connectivity index (χ0) is 23.6. The zero-order valence-electron chi connectivity index (χ0n) is 19.3. The molecule has 0 atom stereocenters. The van der Waals surface area contributed by atoms with Gasteiger partial charge >= 0.3 is 0 Å². The number of hydrogen-bond donors (Lipinski definition) is 0. The summed E-state index contributed by atoms with van der Waals surface area (Å²) in [5, 5.41) is 3.42. The van der Waals surface area contributed by atoms with Crippen molar-refractivity contribution in [2.75, 3.05) is 4.90 Å². The van der Waals surface area contributed by atoms with Crippen LogP contribution in [0, 0.1) is 0 Å². The highest BCUT2D eigenvalue weighted by Crippen LogP contribution is 2.48. The normalized spacial score (nSPS) is 12.4. The Labute approximate surface area is 207 Å². The number of anilines is 3. The molecule has 0 amide bonds. The molecule has 1 aliphatic heterocycles. The third-order valence-electron chi connectivity index (χ3n) is 7.13. The summed E-state index contributed by atoms with van der Waals surface area (Å²) >= 11 is 0. The van der Waals surface area contributed by atoms with Gasteiger partial charge in [-0.1, -0.05) is 66.7 Å². The van der Waals surface area contributed by atoms with Crippen molar-refractivity contribution in [3.8, 4) is 17.1 Å². The molecule has 4 nitrogen and oxygen atoms in total. The van der Waals surface area contributed by atoms with Crippen molar-refractivity contribution in [1.29, 1.82) is 0 Å². The average Bonchev–Trinajstić information content (AvgIpc) is 3.34. The van der Waals surface area contributed by atoms with Gasteiger partial charge in [-0.05, 0) is 53.9 Å². The highest BCUT2D eigenvalue weighted by molar-refractivity contribution is 6.12. The van der Waals surface area contributed by atoms with Gasteiger partial charge in [0.25, 0.3) is 0 Å². The fourth-order valence-corrected chi connectivity index (χ4v) is 5.63. The van der Waals surface area contributed by atoms with Crippen LogP contribution in [0.1, 0.15) is 0 Å². The molecule has 0 fully saturated rings. The van der Waals surface area contributed by atoms with Crippen LogP contribution in [0.2, 0.25) is 0 Å². The number of para-hydroxylation sites is 4. The van der Waals surface area contributed by atoms with Crippen molar-refractivity contribution in [1.82, 2.24) is 14.5 Å². The number of hydrogen-bond acceptors (Lipinski definition) is 3. The van der Waals surface area contributed by atoms with E-state index in [1.807, 2.05) is 12.3 Å². The van der Waals surface area contributed by atoms with Crippen molar-refractivity contribution < 1.29 is 0 Å². The van der Waals surface area contributed by atoms with E-state index in [2.05, 4.69) is 119 Å². The van der Waals surface area contributed by atoms with Crippen molar-refractivity contribution >= 4 is 49.8 Å². The van der Waals surface area contributed by atoms with Crippen LogP contribution in [-0.4, -0.2) is 14.5 Å². The molecule has 1 aliphatic rings. The van der Waals surface area contributed by atoms with E-state index in [0.29, 0.717) is 0 Å². The molecule has 0 bridgehead atoms. The Bertz CT molecular complexity index is 1950. The minimum atomic E-state index is 0.932. The second kappa shape index (κ2) is 7.27. The lowest BCUT2D eigenvalue weighted by molar-refractivity contribution is 1.07. The Morgan fingerprint density at radius 3 is 2.25 bits per heavy atom. The van der Waals surface area contributed by atoms with E-state index in [1.54, 1.807) is 0 Å². The summed E-state index contributed by atoms with van der Waals surface area (Å²) in [5.74, 6) is 0.932. The van der Waals surface area contributed by atoms with E-state index in [0.717, 1.165) is 66.8 Å². The van der Waals surface area contributed by atoms with E-state index in [-0.39, 0.29) is 0 Å². The van der Waals surface area contributed by atoms with Crippen LogP contribution in [0.25, 0.3) is 49.8 Å². The molecule has 0 N–H and O–H groups in total. The minimum absolute atomic E-state index is 0.932. The molecule has 0 saturated carbocycles. The van der Waals surface area contributed by atoms with Crippen molar-refractivity contribution in [2.24, 2.45) is 0 Å². The first-order valence-corrected chi connectivity index (χ1v) is 12.1. The first-order valence-electron chi connectivity index (χ1n) is 12.1. The molecule has 0 unspecified atom stereocenters. The maximum atomic E-state index is 5.25. The summed E-state index contributed by atoms with van der Waals surface area (Å²) in [7, 11) is 0. The molecular formula is C32H20N4. The molecule has 3 heterocycles. The van der Waals surface area contributed by atoms with Gasteiger partial charge in [-0.3, -0.25) is 9.55 Å². The molecule has 168 valence electrons. The van der Waals surface area contributed by atoms with Crippen LogP contribution in [0.3, 0.4) is 0 Å². The molecule has 0 saturated heterocycles. The average molecular weight is 461 g/mol. The second-order valence-corrected chi connectivity index (χ2v) is 9.12. The van der Waals surface area contributed by atoms with E-state index >= 15 is 0 Å². The summed E-state index contributed by atoms with van der Waals surface area (Å²) in [6.07, 6.45) is 1.87. The highest BCUT2D eigenvalue weighted by atomic mass is 15.2. The SMILES string of the molecule is c1ccc(N2c3ccccc3-n3c(-c4cc5ccccc5c5ncccc45)nc4cccc2c43)cc1. The lowest BCUT2D eigenvalue weighted by atomic mass is 10.00. The van der Waals surface area contributed by atoms with Crippen molar-refractivity contribution in [3.05, 3.63) is 121 Å². The van der Waals surface area contributed by atoms with Crippen LogP contribution in [0.15, 0.2) is 121 Å². The summed E-state index contributed by atoms with van der Waals surface area (Å²) in [4.78, 5) is 12.4.